The van der Waals surface area contributed by atoms with Crippen LogP contribution in [-0.2, 0) is 4.79 Å². The molecule has 1 saturated carbocycles. The monoisotopic (exact) mass is 216 g/mol. The number of pyridine rings is 1. The van der Waals surface area contributed by atoms with E-state index >= 15 is 0 Å². The van der Waals surface area contributed by atoms with Gasteiger partial charge in [0, 0.05) is 0 Å². The van der Waals surface area contributed by atoms with Crippen LogP contribution in [0.3, 0.4) is 0 Å². The van der Waals surface area contributed by atoms with Crippen LogP contribution in [0.1, 0.15) is 25.0 Å². The number of nitriles is 1. The Morgan fingerprint density at radius 2 is 2.31 bits per heavy atom. The maximum absolute atomic E-state index is 11.7. The van der Waals surface area contributed by atoms with Crippen molar-refractivity contribution in [1.29, 1.82) is 5.26 Å². The van der Waals surface area contributed by atoms with Gasteiger partial charge >= 0.3 is 0 Å². The standard InChI is InChI=1S/C11H12N4O/c12-6-8-2-3-9(7-14-8)15-10(16)11(13)4-1-5-11/h2-3,7H,1,4-5,13H2,(H,15,16). The zero-order valence-corrected chi connectivity index (χ0v) is 8.73. The molecule has 0 aromatic carbocycles. The Hall–Kier alpha value is -1.93. The molecule has 5 heteroatoms. The highest BCUT2D eigenvalue weighted by atomic mass is 16.2. The summed E-state index contributed by atoms with van der Waals surface area (Å²) in [6, 6.07) is 5.11. The van der Waals surface area contributed by atoms with E-state index in [9.17, 15) is 4.79 Å². The smallest absolute Gasteiger partial charge is 0.244 e. The average Bonchev–Trinajstić information content (AvgIpc) is 2.27. The number of amides is 1. The van der Waals surface area contributed by atoms with Crippen LogP contribution in [0.25, 0.3) is 0 Å². The van der Waals surface area contributed by atoms with Gasteiger partial charge in [-0.05, 0) is 31.4 Å². The lowest BCUT2D eigenvalue weighted by Gasteiger charge is -2.36. The summed E-state index contributed by atoms with van der Waals surface area (Å²) in [4.78, 5) is 15.6. The third-order valence-corrected chi connectivity index (χ3v) is 2.83. The fourth-order valence-corrected chi connectivity index (χ4v) is 1.57. The molecule has 0 unspecified atom stereocenters. The fraction of sp³-hybridized carbons (Fsp3) is 0.364. The summed E-state index contributed by atoms with van der Waals surface area (Å²) < 4.78 is 0. The number of carbonyl (C=O) groups excluding carboxylic acids is 1. The van der Waals surface area contributed by atoms with Gasteiger partial charge in [0.05, 0.1) is 17.4 Å². The van der Waals surface area contributed by atoms with Crippen molar-refractivity contribution in [3.8, 4) is 6.07 Å². The summed E-state index contributed by atoms with van der Waals surface area (Å²) in [5.41, 5.74) is 6.04. The van der Waals surface area contributed by atoms with Crippen molar-refractivity contribution in [1.82, 2.24) is 4.98 Å². The van der Waals surface area contributed by atoms with Gasteiger partial charge in [-0.25, -0.2) is 4.98 Å². The lowest BCUT2D eigenvalue weighted by atomic mass is 9.77. The molecule has 3 N–H and O–H groups in total. The molecule has 2 rings (SSSR count). The van der Waals surface area contributed by atoms with Crippen molar-refractivity contribution in [2.45, 2.75) is 24.8 Å². The lowest BCUT2D eigenvalue weighted by molar-refractivity contribution is -0.123. The molecule has 0 saturated heterocycles. The first-order chi connectivity index (χ1) is 7.64. The van der Waals surface area contributed by atoms with Gasteiger partial charge in [-0.2, -0.15) is 5.26 Å². The van der Waals surface area contributed by atoms with Gasteiger partial charge in [-0.1, -0.05) is 0 Å². The molecule has 0 aliphatic heterocycles. The number of aromatic nitrogens is 1. The van der Waals surface area contributed by atoms with Gasteiger partial charge in [0.15, 0.2) is 0 Å². The van der Waals surface area contributed by atoms with E-state index in [-0.39, 0.29) is 5.91 Å². The van der Waals surface area contributed by atoms with Crippen molar-refractivity contribution < 1.29 is 4.79 Å². The van der Waals surface area contributed by atoms with Gasteiger partial charge in [0.1, 0.15) is 11.8 Å². The summed E-state index contributed by atoms with van der Waals surface area (Å²) in [7, 11) is 0. The maximum atomic E-state index is 11.7. The molecular weight excluding hydrogens is 204 g/mol. The number of carbonyl (C=O) groups is 1. The molecule has 1 aliphatic carbocycles. The van der Waals surface area contributed by atoms with Gasteiger partial charge in [0.25, 0.3) is 0 Å². The molecule has 5 nitrogen and oxygen atoms in total. The number of nitrogens with one attached hydrogen (secondary N) is 1. The number of hydrogen-bond donors (Lipinski definition) is 2. The normalized spacial score (nSPS) is 17.0. The minimum atomic E-state index is -0.714. The highest BCUT2D eigenvalue weighted by molar-refractivity contribution is 5.98. The van der Waals surface area contributed by atoms with Crippen molar-refractivity contribution in [3.05, 3.63) is 24.0 Å². The predicted molar refractivity (Wildman–Crippen MR) is 58.4 cm³/mol. The Morgan fingerprint density at radius 3 is 2.75 bits per heavy atom. The number of anilines is 1. The third kappa shape index (κ3) is 1.88. The quantitative estimate of drug-likeness (QED) is 0.763. The Kier molecular flexibility index (Phi) is 2.59. The fourth-order valence-electron chi connectivity index (χ4n) is 1.57. The van der Waals surface area contributed by atoms with Crippen LogP contribution in [0.15, 0.2) is 18.3 Å². The lowest BCUT2D eigenvalue weighted by Crippen LogP contribution is -2.56. The second-order valence-corrected chi connectivity index (χ2v) is 4.01. The zero-order valence-electron chi connectivity index (χ0n) is 8.73. The zero-order chi connectivity index (χ0) is 11.6. The van der Waals surface area contributed by atoms with Gasteiger partial charge < -0.3 is 11.1 Å². The molecule has 16 heavy (non-hydrogen) atoms. The first-order valence-electron chi connectivity index (χ1n) is 5.10. The van der Waals surface area contributed by atoms with E-state index in [1.165, 1.54) is 6.20 Å². The van der Waals surface area contributed by atoms with Crippen molar-refractivity contribution in [3.63, 3.8) is 0 Å². The highest BCUT2D eigenvalue weighted by Crippen LogP contribution is 2.30. The maximum Gasteiger partial charge on any atom is 0.244 e. The third-order valence-electron chi connectivity index (χ3n) is 2.83. The van der Waals surface area contributed by atoms with E-state index in [2.05, 4.69) is 10.3 Å². The molecule has 1 fully saturated rings. The van der Waals surface area contributed by atoms with Crippen molar-refractivity contribution in [2.75, 3.05) is 5.32 Å². The van der Waals surface area contributed by atoms with E-state index in [0.717, 1.165) is 19.3 Å². The SMILES string of the molecule is N#Cc1ccc(NC(=O)C2(N)CCC2)cn1. The van der Waals surface area contributed by atoms with Crippen LogP contribution >= 0.6 is 0 Å². The molecule has 1 aromatic heterocycles. The Bertz CT molecular complexity index is 442. The van der Waals surface area contributed by atoms with Crippen molar-refractivity contribution in [2.24, 2.45) is 5.73 Å². The van der Waals surface area contributed by atoms with Crippen LogP contribution in [-0.4, -0.2) is 16.4 Å². The van der Waals surface area contributed by atoms with E-state index in [1.807, 2.05) is 6.07 Å². The van der Waals surface area contributed by atoms with Gasteiger partial charge in [0.2, 0.25) is 5.91 Å². The molecule has 0 radical (unpaired) electrons. The minimum Gasteiger partial charge on any atom is -0.323 e. The molecule has 1 heterocycles. The number of hydrogen-bond acceptors (Lipinski definition) is 4. The Labute approximate surface area is 93.3 Å². The van der Waals surface area contributed by atoms with E-state index in [1.54, 1.807) is 12.1 Å². The van der Waals surface area contributed by atoms with Crippen molar-refractivity contribution >= 4 is 11.6 Å². The molecule has 0 atom stereocenters. The number of rotatable bonds is 2. The molecule has 1 aliphatic rings. The van der Waals surface area contributed by atoms with E-state index in [0.29, 0.717) is 11.4 Å². The topological polar surface area (TPSA) is 91.8 Å². The number of nitrogens with two attached hydrogens (primary N) is 1. The van der Waals surface area contributed by atoms with Crippen LogP contribution < -0.4 is 11.1 Å². The summed E-state index contributed by atoms with van der Waals surface area (Å²) in [5.74, 6) is -0.176. The first-order valence-corrected chi connectivity index (χ1v) is 5.10. The minimum absolute atomic E-state index is 0.176. The largest absolute Gasteiger partial charge is 0.323 e. The van der Waals surface area contributed by atoms with E-state index < -0.39 is 5.54 Å². The summed E-state index contributed by atoms with van der Waals surface area (Å²) in [6.07, 6.45) is 3.90. The molecule has 82 valence electrons. The second-order valence-electron chi connectivity index (χ2n) is 4.01. The molecule has 0 spiro atoms. The van der Waals surface area contributed by atoms with Crippen LogP contribution in [0.4, 0.5) is 5.69 Å². The second kappa shape index (κ2) is 3.91. The Morgan fingerprint density at radius 1 is 1.56 bits per heavy atom. The summed E-state index contributed by atoms with van der Waals surface area (Å²) in [6.45, 7) is 0. The highest BCUT2D eigenvalue weighted by Gasteiger charge is 2.40. The number of nitrogens with zero attached hydrogens (tertiary/aromatic N) is 2. The van der Waals surface area contributed by atoms with Crippen LogP contribution in [0.5, 0.6) is 0 Å². The summed E-state index contributed by atoms with van der Waals surface area (Å²) in [5, 5.41) is 11.3. The predicted octanol–water partition coefficient (Wildman–Crippen LogP) is 0.773. The summed E-state index contributed by atoms with van der Waals surface area (Å²) >= 11 is 0. The van der Waals surface area contributed by atoms with Gasteiger partial charge in [-0.3, -0.25) is 4.79 Å². The van der Waals surface area contributed by atoms with E-state index in [4.69, 9.17) is 11.0 Å². The molecule has 1 amide bonds. The molecule has 0 bridgehead atoms. The average molecular weight is 216 g/mol. The molecular formula is C11H12N4O. The van der Waals surface area contributed by atoms with Crippen LogP contribution in [0, 0.1) is 11.3 Å². The molecule has 1 aromatic rings. The Balaban J connectivity index is 2.04. The van der Waals surface area contributed by atoms with Crippen LogP contribution in [0.2, 0.25) is 0 Å². The first kappa shape index (κ1) is 10.6. The van der Waals surface area contributed by atoms with Gasteiger partial charge in [-0.15, -0.1) is 0 Å².